The Labute approximate surface area is 342 Å². The van der Waals surface area contributed by atoms with Crippen LogP contribution in [0, 0.1) is 0 Å². The lowest BCUT2D eigenvalue weighted by Gasteiger charge is -2.27. The van der Waals surface area contributed by atoms with Crippen molar-refractivity contribution in [2.45, 2.75) is 23.1 Å². The van der Waals surface area contributed by atoms with E-state index in [0.29, 0.717) is 23.3 Å². The van der Waals surface area contributed by atoms with Crippen LogP contribution >= 0.6 is 11.6 Å². The quantitative estimate of drug-likeness (QED) is 0.0900. The van der Waals surface area contributed by atoms with Crippen LogP contribution in [0.25, 0.3) is 11.1 Å². The molecule has 0 spiro atoms. The lowest BCUT2D eigenvalue weighted by molar-refractivity contribution is -0.141. The van der Waals surface area contributed by atoms with Gasteiger partial charge in [0.1, 0.15) is 30.3 Å². The molecule has 0 saturated carbocycles. The number of methoxy groups -OCH3 is 4. The van der Waals surface area contributed by atoms with Gasteiger partial charge in [-0.05, 0) is 66.6 Å². The van der Waals surface area contributed by atoms with E-state index >= 15 is 0 Å². The van der Waals surface area contributed by atoms with Crippen molar-refractivity contribution in [3.05, 3.63) is 114 Å². The van der Waals surface area contributed by atoms with Crippen molar-refractivity contribution < 1.29 is 50.1 Å². The molecule has 1 amide bonds. The summed E-state index contributed by atoms with van der Waals surface area (Å²) in [5, 5.41) is 2.74. The predicted octanol–water partition coefficient (Wildman–Crippen LogP) is 7.02. The van der Waals surface area contributed by atoms with Gasteiger partial charge >= 0.3 is 5.97 Å². The predicted molar refractivity (Wildman–Crippen MR) is 221 cm³/mol. The third kappa shape index (κ3) is 9.58. The topological polar surface area (TPSA) is 167 Å². The first kappa shape index (κ1) is 43.2. The van der Waals surface area contributed by atoms with Gasteiger partial charge in [0.15, 0.2) is 5.75 Å². The normalized spacial score (nSPS) is 11.3. The lowest BCUT2D eigenvalue weighted by atomic mass is 10.0. The van der Waals surface area contributed by atoms with Gasteiger partial charge in [-0.1, -0.05) is 61.0 Å². The molecule has 0 aromatic heterocycles. The minimum absolute atomic E-state index is 0.0182. The van der Waals surface area contributed by atoms with Crippen molar-refractivity contribution in [3.63, 3.8) is 0 Å². The van der Waals surface area contributed by atoms with E-state index in [2.05, 4.69) is 5.32 Å². The molecule has 0 fully saturated rings. The van der Waals surface area contributed by atoms with Gasteiger partial charge in [-0.3, -0.25) is 18.2 Å². The Bertz CT molecular complexity index is 2470. The Morgan fingerprint density at radius 2 is 1.24 bits per heavy atom. The average molecular weight is 852 g/mol. The van der Waals surface area contributed by atoms with Crippen LogP contribution in [-0.2, 0) is 34.4 Å². The fourth-order valence-electron chi connectivity index (χ4n) is 5.83. The summed E-state index contributed by atoms with van der Waals surface area (Å²) in [5.74, 6) is -0.730. The maximum Gasteiger partial charge on any atom is 0.326 e. The summed E-state index contributed by atoms with van der Waals surface area (Å²) in [7, 11) is -3.13. The molecule has 0 unspecified atom stereocenters. The zero-order chi connectivity index (χ0) is 42.0. The number of rotatable bonds is 18. The number of ether oxygens (including phenoxy) is 5. The highest BCUT2D eigenvalue weighted by Gasteiger charge is 2.33. The molecule has 0 aliphatic carbocycles. The van der Waals surface area contributed by atoms with Crippen molar-refractivity contribution in [2.75, 3.05) is 62.1 Å². The molecule has 0 heterocycles. The molecular weight excluding hydrogens is 810 g/mol. The zero-order valence-corrected chi connectivity index (χ0v) is 34.7. The zero-order valence-electron chi connectivity index (χ0n) is 32.3. The number of amides is 1. The van der Waals surface area contributed by atoms with E-state index in [0.717, 1.165) is 8.61 Å². The number of hydrogen-bond acceptors (Lipinski definition) is 11. The summed E-state index contributed by atoms with van der Waals surface area (Å²) in [4.78, 5) is 26.6. The van der Waals surface area contributed by atoms with Gasteiger partial charge in [0.05, 0.1) is 66.9 Å². The van der Waals surface area contributed by atoms with Crippen molar-refractivity contribution in [1.29, 1.82) is 0 Å². The van der Waals surface area contributed by atoms with Crippen molar-refractivity contribution >= 4 is 60.6 Å². The minimum Gasteiger partial charge on any atom is -0.497 e. The van der Waals surface area contributed by atoms with Crippen molar-refractivity contribution in [2.24, 2.45) is 0 Å². The van der Waals surface area contributed by atoms with Crippen LogP contribution in [-0.4, -0.2) is 76.8 Å². The molecule has 5 aromatic carbocycles. The molecule has 14 nitrogen and oxygen atoms in total. The van der Waals surface area contributed by atoms with E-state index in [4.69, 9.17) is 35.3 Å². The Morgan fingerprint density at radius 3 is 1.78 bits per heavy atom. The molecule has 0 atom stereocenters. The maximum absolute atomic E-state index is 14.1. The summed E-state index contributed by atoms with van der Waals surface area (Å²) in [5.41, 5.74) is 0.928. The maximum atomic E-state index is 14.1. The van der Waals surface area contributed by atoms with Gasteiger partial charge in [-0.15, -0.1) is 0 Å². The van der Waals surface area contributed by atoms with Crippen molar-refractivity contribution in [1.82, 2.24) is 0 Å². The van der Waals surface area contributed by atoms with Gasteiger partial charge in [0.25, 0.3) is 20.0 Å². The molecule has 5 aromatic rings. The number of carbonyl (C=O) groups is 2. The fraction of sp³-hybridized carbons (Fsp3) is 0.220. The highest BCUT2D eigenvalue weighted by atomic mass is 35.5. The van der Waals surface area contributed by atoms with E-state index in [1.807, 2.05) is 6.92 Å². The van der Waals surface area contributed by atoms with Crippen LogP contribution in [0.3, 0.4) is 0 Å². The third-order valence-corrected chi connectivity index (χ3v) is 12.5. The molecule has 306 valence electrons. The van der Waals surface area contributed by atoms with E-state index in [-0.39, 0.29) is 55.7 Å². The molecule has 0 radical (unpaired) electrons. The summed E-state index contributed by atoms with van der Waals surface area (Å²) in [6.07, 6.45) is 0.531. The first-order chi connectivity index (χ1) is 27.8. The first-order valence-electron chi connectivity index (χ1n) is 17.7. The number of carbonyl (C=O) groups excluding carboxylic acids is 2. The standard InChI is InChI=1S/C41H42ClN3O11S2/c1-6-21-56-40(47)27-45(58(50,51)32-15-11-8-12-16-32)37-25-30(53-3)23-33(41(37)55-5)28-17-19-35(34(42)22-28)43-39(46)26-44(57(48,49)31-13-9-7-10-14-31)36-24-29(52-2)18-20-38(36)54-4/h7-20,22-25H,6,21,26-27H2,1-5H3,(H,43,46). The van der Waals surface area contributed by atoms with Gasteiger partial charge in [0, 0.05) is 17.7 Å². The van der Waals surface area contributed by atoms with Gasteiger partial charge in [0.2, 0.25) is 5.91 Å². The van der Waals surface area contributed by atoms with Crippen molar-refractivity contribution in [3.8, 4) is 34.1 Å². The SMILES string of the molecule is CCCOC(=O)CN(c1cc(OC)cc(-c2ccc(NC(=O)CN(c3cc(OC)ccc3OC)S(=O)(=O)c3ccccc3)c(Cl)c2)c1OC)S(=O)(=O)c1ccccc1. The molecule has 0 aliphatic rings. The van der Waals surface area contributed by atoms with Gasteiger partial charge < -0.3 is 29.0 Å². The fourth-order valence-corrected chi connectivity index (χ4v) is 8.93. The molecule has 58 heavy (non-hydrogen) atoms. The summed E-state index contributed by atoms with van der Waals surface area (Å²) < 4.78 is 85.6. The number of benzene rings is 5. The number of nitrogens with zero attached hydrogens (tertiary/aromatic N) is 2. The monoisotopic (exact) mass is 851 g/mol. The summed E-state index contributed by atoms with van der Waals surface area (Å²) >= 11 is 6.77. The number of sulfonamides is 2. The molecule has 5 rings (SSSR count). The smallest absolute Gasteiger partial charge is 0.326 e. The Morgan fingerprint density at radius 1 is 0.655 bits per heavy atom. The molecule has 0 aliphatic heterocycles. The molecular formula is C41H42ClN3O11S2. The molecule has 0 bridgehead atoms. The minimum atomic E-state index is -4.36. The highest BCUT2D eigenvalue weighted by Crippen LogP contribution is 2.45. The van der Waals surface area contributed by atoms with Gasteiger partial charge in [-0.2, -0.15) is 0 Å². The van der Waals surface area contributed by atoms with Gasteiger partial charge in [-0.25, -0.2) is 16.8 Å². The third-order valence-electron chi connectivity index (χ3n) is 8.65. The molecule has 0 saturated heterocycles. The first-order valence-corrected chi connectivity index (χ1v) is 20.9. The van der Waals surface area contributed by atoms with E-state index in [1.54, 1.807) is 54.6 Å². The number of esters is 1. The second kappa shape index (κ2) is 19.0. The Balaban J connectivity index is 1.53. The summed E-state index contributed by atoms with van der Waals surface area (Å²) in [6, 6.07) is 27.4. The number of hydrogen-bond donors (Lipinski definition) is 1. The summed E-state index contributed by atoms with van der Waals surface area (Å²) in [6.45, 7) is 0.550. The highest BCUT2D eigenvalue weighted by molar-refractivity contribution is 7.93. The Hall–Kier alpha value is -5.97. The lowest BCUT2D eigenvalue weighted by Crippen LogP contribution is -2.38. The van der Waals surface area contributed by atoms with E-state index in [9.17, 15) is 26.4 Å². The number of anilines is 3. The van der Waals surface area contributed by atoms with Crippen LogP contribution in [0.4, 0.5) is 17.1 Å². The van der Waals surface area contributed by atoms with Crippen LogP contribution in [0.1, 0.15) is 13.3 Å². The molecule has 1 N–H and O–H groups in total. The van der Waals surface area contributed by atoms with Crippen LogP contribution < -0.4 is 32.9 Å². The number of nitrogens with one attached hydrogen (secondary N) is 1. The van der Waals surface area contributed by atoms with Crippen LogP contribution in [0.5, 0.6) is 23.0 Å². The van der Waals surface area contributed by atoms with E-state index < -0.39 is 45.0 Å². The Kier molecular flexibility index (Phi) is 14.1. The molecule has 17 heteroatoms. The van der Waals surface area contributed by atoms with E-state index in [1.165, 1.54) is 83.0 Å². The second-order valence-corrected chi connectivity index (χ2v) is 16.5. The van der Waals surface area contributed by atoms with Crippen LogP contribution in [0.2, 0.25) is 5.02 Å². The second-order valence-electron chi connectivity index (χ2n) is 12.4. The number of halogens is 1. The largest absolute Gasteiger partial charge is 0.497 e. The van der Waals surface area contributed by atoms with Crippen LogP contribution in [0.15, 0.2) is 119 Å². The average Bonchev–Trinajstić information content (AvgIpc) is 3.24.